The van der Waals surface area contributed by atoms with Crippen LogP contribution in [0.5, 0.6) is 5.75 Å². The lowest BCUT2D eigenvalue weighted by molar-refractivity contribution is -0.312. The standard InChI is InChI=1S/C20H15BrN2O6/c1-11(19(26)27)29-15-8-2-12(3-9-15)10-16-17(24)22-20(28)23(18(16)25)14-6-4-13(21)5-7-14/h2-11H,1H3,(H,26,27)(H,22,24,28)/p-1/b16-10+/t11-/m1/s1. The molecule has 4 amide bonds. The van der Waals surface area contributed by atoms with E-state index in [1.807, 2.05) is 0 Å². The summed E-state index contributed by atoms with van der Waals surface area (Å²) in [5, 5.41) is 12.9. The molecule has 0 saturated carbocycles. The number of nitrogens with zero attached hydrogens (tertiary/aromatic N) is 1. The van der Waals surface area contributed by atoms with Crippen LogP contribution in [0.1, 0.15) is 12.5 Å². The molecule has 1 N–H and O–H groups in total. The van der Waals surface area contributed by atoms with Gasteiger partial charge in [0.15, 0.2) is 0 Å². The van der Waals surface area contributed by atoms with Crippen molar-refractivity contribution in [3.63, 3.8) is 0 Å². The lowest BCUT2D eigenvalue weighted by Crippen LogP contribution is -2.54. The van der Waals surface area contributed by atoms with Crippen LogP contribution in [-0.2, 0) is 14.4 Å². The highest BCUT2D eigenvalue weighted by Crippen LogP contribution is 2.24. The summed E-state index contributed by atoms with van der Waals surface area (Å²) in [7, 11) is 0. The van der Waals surface area contributed by atoms with Gasteiger partial charge in [-0.15, -0.1) is 0 Å². The fourth-order valence-corrected chi connectivity index (χ4v) is 2.81. The molecule has 9 heteroatoms. The zero-order valence-corrected chi connectivity index (χ0v) is 16.6. The summed E-state index contributed by atoms with van der Waals surface area (Å²) in [6, 6.07) is 11.7. The second kappa shape index (κ2) is 8.27. The first-order valence-corrected chi connectivity index (χ1v) is 9.20. The first-order chi connectivity index (χ1) is 13.8. The summed E-state index contributed by atoms with van der Waals surface area (Å²) < 4.78 is 5.95. The number of anilines is 1. The number of barbiturate groups is 1. The molecule has 1 aliphatic rings. The average molecular weight is 458 g/mol. The maximum Gasteiger partial charge on any atom is 0.335 e. The highest BCUT2D eigenvalue weighted by molar-refractivity contribution is 9.10. The van der Waals surface area contributed by atoms with Crippen molar-refractivity contribution in [2.45, 2.75) is 13.0 Å². The first kappa shape index (κ1) is 20.3. The molecule has 0 unspecified atom stereocenters. The Morgan fingerprint density at radius 2 is 1.72 bits per heavy atom. The van der Waals surface area contributed by atoms with Gasteiger partial charge in [0.25, 0.3) is 11.8 Å². The average Bonchev–Trinajstić information content (AvgIpc) is 2.67. The van der Waals surface area contributed by atoms with E-state index in [1.54, 1.807) is 36.4 Å². The van der Waals surface area contributed by atoms with Crippen molar-refractivity contribution in [2.24, 2.45) is 0 Å². The molecule has 0 bridgehead atoms. The highest BCUT2D eigenvalue weighted by Gasteiger charge is 2.36. The van der Waals surface area contributed by atoms with Gasteiger partial charge in [-0.25, -0.2) is 9.69 Å². The molecule has 29 heavy (non-hydrogen) atoms. The molecule has 1 aliphatic heterocycles. The van der Waals surface area contributed by atoms with E-state index in [0.717, 1.165) is 9.37 Å². The summed E-state index contributed by atoms with van der Waals surface area (Å²) >= 11 is 3.28. The van der Waals surface area contributed by atoms with E-state index >= 15 is 0 Å². The summed E-state index contributed by atoms with van der Waals surface area (Å²) in [5.41, 5.74) is 0.584. The number of carbonyl (C=O) groups is 4. The van der Waals surface area contributed by atoms with E-state index in [1.165, 1.54) is 25.1 Å². The second-order valence-corrected chi connectivity index (χ2v) is 7.00. The minimum absolute atomic E-state index is 0.218. The predicted molar refractivity (Wildman–Crippen MR) is 105 cm³/mol. The summed E-state index contributed by atoms with van der Waals surface area (Å²) in [4.78, 5) is 48.8. The third kappa shape index (κ3) is 4.52. The predicted octanol–water partition coefficient (Wildman–Crippen LogP) is 1.63. The minimum Gasteiger partial charge on any atom is -0.546 e. The van der Waals surface area contributed by atoms with Gasteiger partial charge in [-0.1, -0.05) is 28.1 Å². The molecule has 0 aliphatic carbocycles. The summed E-state index contributed by atoms with van der Waals surface area (Å²) in [6.45, 7) is 1.34. The van der Waals surface area contributed by atoms with Gasteiger partial charge >= 0.3 is 6.03 Å². The lowest BCUT2D eigenvalue weighted by Gasteiger charge is -2.26. The van der Waals surface area contributed by atoms with Gasteiger partial charge in [-0.2, -0.15) is 0 Å². The maximum atomic E-state index is 12.8. The number of ether oxygens (including phenoxy) is 1. The Morgan fingerprint density at radius 1 is 1.10 bits per heavy atom. The van der Waals surface area contributed by atoms with Crippen LogP contribution in [0.25, 0.3) is 6.08 Å². The van der Waals surface area contributed by atoms with Crippen molar-refractivity contribution in [2.75, 3.05) is 4.90 Å². The van der Waals surface area contributed by atoms with Crippen LogP contribution >= 0.6 is 15.9 Å². The normalized spacial score (nSPS) is 16.6. The molecular formula is C20H14BrN2O6-. The second-order valence-electron chi connectivity index (χ2n) is 6.08. The minimum atomic E-state index is -1.35. The Balaban J connectivity index is 1.86. The fraction of sp³-hybridized carbons (Fsp3) is 0.100. The Labute approximate surface area is 173 Å². The van der Waals surface area contributed by atoms with Crippen LogP contribution in [0.3, 0.4) is 0 Å². The molecule has 148 valence electrons. The fourth-order valence-electron chi connectivity index (χ4n) is 2.54. The summed E-state index contributed by atoms with van der Waals surface area (Å²) in [5.74, 6) is -2.63. The molecule has 2 aromatic rings. The molecule has 2 aromatic carbocycles. The van der Waals surface area contributed by atoms with Crippen molar-refractivity contribution < 1.29 is 29.0 Å². The number of aliphatic carboxylic acids is 1. The maximum absolute atomic E-state index is 12.8. The Morgan fingerprint density at radius 3 is 2.31 bits per heavy atom. The SMILES string of the molecule is C[C@@H](Oc1ccc(/C=C2\C(=O)NC(=O)N(c3ccc(Br)cc3)C2=O)cc1)C(=O)[O-]. The molecule has 0 aromatic heterocycles. The number of benzene rings is 2. The van der Waals surface area contributed by atoms with E-state index in [0.29, 0.717) is 11.3 Å². The smallest absolute Gasteiger partial charge is 0.335 e. The number of carboxylic acids is 1. The van der Waals surface area contributed by atoms with E-state index in [4.69, 9.17) is 4.74 Å². The van der Waals surface area contributed by atoms with Gasteiger partial charge in [-0.05, 0) is 55.0 Å². The largest absolute Gasteiger partial charge is 0.546 e. The number of imide groups is 2. The van der Waals surface area contributed by atoms with Crippen LogP contribution in [-0.4, -0.2) is 29.9 Å². The van der Waals surface area contributed by atoms with Crippen LogP contribution in [0.2, 0.25) is 0 Å². The van der Waals surface area contributed by atoms with Crippen LogP contribution < -0.4 is 20.1 Å². The zero-order chi connectivity index (χ0) is 21.1. The van der Waals surface area contributed by atoms with E-state index < -0.39 is 29.9 Å². The monoisotopic (exact) mass is 457 g/mol. The van der Waals surface area contributed by atoms with Gasteiger partial charge in [-0.3, -0.25) is 14.9 Å². The molecule has 3 rings (SSSR count). The number of nitrogens with one attached hydrogen (secondary N) is 1. The molecule has 8 nitrogen and oxygen atoms in total. The van der Waals surface area contributed by atoms with Gasteiger partial charge < -0.3 is 14.6 Å². The Hall–Kier alpha value is -3.46. The van der Waals surface area contributed by atoms with Crippen LogP contribution in [0.15, 0.2) is 58.6 Å². The zero-order valence-electron chi connectivity index (χ0n) is 15.0. The number of carbonyl (C=O) groups excluding carboxylic acids is 4. The van der Waals surface area contributed by atoms with E-state index in [2.05, 4.69) is 21.2 Å². The van der Waals surface area contributed by atoms with Crippen molar-refractivity contribution >= 4 is 51.5 Å². The molecule has 0 radical (unpaired) electrons. The molecule has 1 atom stereocenters. The molecule has 1 fully saturated rings. The van der Waals surface area contributed by atoms with Gasteiger partial charge in [0.2, 0.25) is 0 Å². The number of amides is 4. The number of hydrogen-bond acceptors (Lipinski definition) is 6. The Kier molecular flexibility index (Phi) is 5.79. The molecule has 1 heterocycles. The van der Waals surface area contributed by atoms with Crippen LogP contribution in [0.4, 0.5) is 10.5 Å². The van der Waals surface area contributed by atoms with Gasteiger partial charge in [0, 0.05) is 4.47 Å². The van der Waals surface area contributed by atoms with Crippen molar-refractivity contribution in [1.82, 2.24) is 5.32 Å². The lowest BCUT2D eigenvalue weighted by atomic mass is 10.1. The third-order valence-electron chi connectivity index (χ3n) is 4.02. The molecule has 1 saturated heterocycles. The quantitative estimate of drug-likeness (QED) is 0.538. The molecule has 0 spiro atoms. The van der Waals surface area contributed by atoms with Crippen molar-refractivity contribution in [3.05, 3.63) is 64.1 Å². The highest BCUT2D eigenvalue weighted by atomic mass is 79.9. The van der Waals surface area contributed by atoms with Crippen LogP contribution in [0, 0.1) is 0 Å². The van der Waals surface area contributed by atoms with Crippen molar-refractivity contribution in [3.8, 4) is 5.75 Å². The number of halogens is 1. The number of rotatable bonds is 5. The number of hydrogen-bond donors (Lipinski definition) is 1. The number of urea groups is 1. The number of carboxylic acid groups (broad SMARTS) is 1. The van der Waals surface area contributed by atoms with Gasteiger partial charge in [0.05, 0.1) is 11.7 Å². The summed E-state index contributed by atoms with van der Waals surface area (Å²) in [6.07, 6.45) is 0.206. The molecular weight excluding hydrogens is 444 g/mol. The Bertz CT molecular complexity index is 1010. The van der Waals surface area contributed by atoms with E-state index in [-0.39, 0.29) is 11.3 Å². The van der Waals surface area contributed by atoms with E-state index in [9.17, 15) is 24.3 Å². The topological polar surface area (TPSA) is 116 Å². The van der Waals surface area contributed by atoms with Gasteiger partial charge in [0.1, 0.15) is 17.4 Å². The third-order valence-corrected chi connectivity index (χ3v) is 4.55. The van der Waals surface area contributed by atoms with Crippen molar-refractivity contribution in [1.29, 1.82) is 0 Å². The first-order valence-electron chi connectivity index (χ1n) is 8.41.